The molecule has 35 heavy (non-hydrogen) atoms. The molecule has 0 spiro atoms. The number of nitrogens with zero attached hydrogens (tertiary/aromatic N) is 2. The average molecular weight is 487 g/mol. The number of allylic oxidation sites excluding steroid dienone is 1. The van der Waals surface area contributed by atoms with Crippen LogP contribution in [-0.2, 0) is 4.74 Å². The fourth-order valence-corrected chi connectivity index (χ4v) is 3.29. The molecule has 0 unspecified atom stereocenters. The van der Waals surface area contributed by atoms with Crippen LogP contribution in [0.25, 0.3) is 11.1 Å². The Morgan fingerprint density at radius 3 is 2.43 bits per heavy atom. The lowest BCUT2D eigenvalue weighted by Crippen LogP contribution is -2.27. The lowest BCUT2D eigenvalue weighted by Gasteiger charge is -2.21. The summed E-state index contributed by atoms with van der Waals surface area (Å²) in [6.07, 6.45) is -0.558. The number of hydrogen-bond acceptors (Lipinski definition) is 6. The zero-order valence-electron chi connectivity index (χ0n) is 19.8. The topological polar surface area (TPSA) is 84.7 Å². The highest BCUT2D eigenvalue weighted by molar-refractivity contribution is 6.05. The lowest BCUT2D eigenvalue weighted by atomic mass is 10.0. The number of hydrogen-bond donors (Lipinski definition) is 1. The highest BCUT2D eigenvalue weighted by Gasteiger charge is 2.22. The predicted octanol–water partition coefficient (Wildman–Crippen LogP) is 6.83. The van der Waals surface area contributed by atoms with Crippen molar-refractivity contribution in [3.63, 3.8) is 0 Å². The van der Waals surface area contributed by atoms with E-state index in [0.717, 1.165) is 6.07 Å². The molecular formula is C25H24F3N3O4. The van der Waals surface area contributed by atoms with E-state index >= 15 is 0 Å². The van der Waals surface area contributed by atoms with Gasteiger partial charge in [-0.25, -0.2) is 9.18 Å². The van der Waals surface area contributed by atoms with E-state index in [1.54, 1.807) is 34.6 Å². The number of aromatic nitrogens is 1. The number of carbonyl (C=O) groups is 2. The molecule has 1 heterocycles. The van der Waals surface area contributed by atoms with Crippen LogP contribution in [0.3, 0.4) is 0 Å². The maximum atomic E-state index is 14.8. The minimum absolute atomic E-state index is 0.102. The van der Waals surface area contributed by atoms with Crippen LogP contribution in [0.2, 0.25) is 0 Å². The number of anilines is 2. The third-order valence-electron chi connectivity index (χ3n) is 4.75. The van der Waals surface area contributed by atoms with Crippen LogP contribution in [0.15, 0.2) is 59.0 Å². The molecule has 10 heteroatoms. The predicted molar refractivity (Wildman–Crippen MR) is 125 cm³/mol. The Morgan fingerprint density at radius 2 is 1.83 bits per heavy atom. The molecule has 0 fully saturated rings. The average Bonchev–Trinajstić information content (AvgIpc) is 3.10. The number of amides is 1. The lowest BCUT2D eigenvalue weighted by molar-refractivity contribution is 0.0635. The highest BCUT2D eigenvalue weighted by Crippen LogP contribution is 2.31. The van der Waals surface area contributed by atoms with Gasteiger partial charge in [-0.2, -0.15) is 4.39 Å². The van der Waals surface area contributed by atoms with Crippen molar-refractivity contribution in [3.05, 3.63) is 77.3 Å². The SMILES string of the molecule is Cc1noc(C)c1-c1ccc(C(=O)/C=C(\F)N(F)c2ccccc2NC(=O)OC(C)(C)C)c(F)c1. The van der Waals surface area contributed by atoms with Gasteiger partial charge in [0.1, 0.15) is 22.9 Å². The minimum Gasteiger partial charge on any atom is -0.444 e. The molecule has 7 nitrogen and oxygen atoms in total. The van der Waals surface area contributed by atoms with Gasteiger partial charge in [0.05, 0.1) is 16.9 Å². The molecule has 2 aromatic carbocycles. The van der Waals surface area contributed by atoms with Gasteiger partial charge in [-0.1, -0.05) is 27.8 Å². The largest absolute Gasteiger partial charge is 0.444 e. The summed E-state index contributed by atoms with van der Waals surface area (Å²) in [5, 5.41) is 5.71. The zero-order valence-corrected chi connectivity index (χ0v) is 19.8. The number of benzene rings is 2. The van der Waals surface area contributed by atoms with Gasteiger partial charge in [-0.05, 0) is 64.4 Å². The quantitative estimate of drug-likeness (QED) is 0.178. The van der Waals surface area contributed by atoms with E-state index in [4.69, 9.17) is 9.26 Å². The maximum Gasteiger partial charge on any atom is 0.412 e. The van der Waals surface area contributed by atoms with Crippen molar-refractivity contribution < 1.29 is 32.1 Å². The smallest absolute Gasteiger partial charge is 0.412 e. The molecule has 184 valence electrons. The van der Waals surface area contributed by atoms with Crippen molar-refractivity contribution in [3.8, 4) is 11.1 Å². The molecule has 0 atom stereocenters. The minimum atomic E-state index is -1.61. The summed E-state index contributed by atoms with van der Waals surface area (Å²) in [6, 6.07) is 9.14. The van der Waals surface area contributed by atoms with Gasteiger partial charge in [0.25, 0.3) is 0 Å². The summed E-state index contributed by atoms with van der Waals surface area (Å²) in [7, 11) is 0. The molecular weight excluding hydrogens is 463 g/mol. The second kappa shape index (κ2) is 10.0. The second-order valence-electron chi connectivity index (χ2n) is 8.65. The number of halogens is 3. The third kappa shape index (κ3) is 6.08. The number of aryl methyl sites for hydroxylation is 2. The highest BCUT2D eigenvalue weighted by atomic mass is 19.2. The molecule has 0 aliphatic rings. The first-order valence-electron chi connectivity index (χ1n) is 10.6. The van der Waals surface area contributed by atoms with Gasteiger partial charge in [0.2, 0.25) is 5.95 Å². The Bertz CT molecular complexity index is 1280. The van der Waals surface area contributed by atoms with Crippen molar-refractivity contribution >= 4 is 23.3 Å². The summed E-state index contributed by atoms with van der Waals surface area (Å²) < 4.78 is 54.3. The Morgan fingerprint density at radius 1 is 1.14 bits per heavy atom. The first-order valence-corrected chi connectivity index (χ1v) is 10.6. The van der Waals surface area contributed by atoms with E-state index < -0.39 is 45.6 Å². The van der Waals surface area contributed by atoms with Gasteiger partial charge in [0, 0.05) is 11.6 Å². The fourth-order valence-electron chi connectivity index (χ4n) is 3.29. The van der Waals surface area contributed by atoms with Gasteiger partial charge in [-0.3, -0.25) is 10.1 Å². The van der Waals surface area contributed by atoms with Gasteiger partial charge in [-0.15, -0.1) is 5.12 Å². The molecule has 3 aromatic rings. The van der Waals surface area contributed by atoms with E-state index in [0.29, 0.717) is 28.7 Å². The first kappa shape index (κ1) is 25.5. The monoisotopic (exact) mass is 487 g/mol. The van der Waals surface area contributed by atoms with Gasteiger partial charge < -0.3 is 9.26 Å². The van der Waals surface area contributed by atoms with Gasteiger partial charge >= 0.3 is 6.09 Å². The summed E-state index contributed by atoms with van der Waals surface area (Å²) in [5.74, 6) is -3.15. The summed E-state index contributed by atoms with van der Waals surface area (Å²) >= 11 is 0. The molecule has 0 saturated carbocycles. The molecule has 0 aliphatic heterocycles. The first-order chi connectivity index (χ1) is 16.4. The second-order valence-corrected chi connectivity index (χ2v) is 8.65. The molecule has 0 radical (unpaired) electrons. The van der Waals surface area contributed by atoms with E-state index in [9.17, 15) is 22.9 Å². The van der Waals surface area contributed by atoms with E-state index in [2.05, 4.69) is 10.5 Å². The Labute approximate surface area is 200 Å². The van der Waals surface area contributed by atoms with E-state index in [1.807, 2.05) is 0 Å². The standard InChI is InChI=1S/C25H24F3N3O4/c1-14-23(15(2)35-30-14)16-10-11-17(18(26)12-16)21(32)13-22(27)31(28)20-9-7-6-8-19(20)29-24(33)34-25(3,4)5/h6-13H,1-5H3,(H,29,33)/b22-13+. The van der Waals surface area contributed by atoms with E-state index in [1.165, 1.54) is 36.4 Å². The molecule has 3 rings (SSSR count). The molecule has 1 aromatic heterocycles. The Balaban J connectivity index is 1.83. The van der Waals surface area contributed by atoms with Crippen LogP contribution in [-0.4, -0.2) is 22.6 Å². The molecule has 1 N–H and O–H groups in total. The summed E-state index contributed by atoms with van der Waals surface area (Å²) in [5.41, 5.74) is -0.216. The van der Waals surface area contributed by atoms with Crippen LogP contribution in [0, 0.1) is 19.7 Å². The molecule has 1 amide bonds. The van der Waals surface area contributed by atoms with E-state index in [-0.39, 0.29) is 5.69 Å². The molecule has 0 saturated heterocycles. The number of nitrogens with one attached hydrogen (secondary N) is 1. The number of ketones is 1. The van der Waals surface area contributed by atoms with Crippen molar-refractivity contribution in [2.24, 2.45) is 0 Å². The van der Waals surface area contributed by atoms with Crippen LogP contribution >= 0.6 is 0 Å². The third-order valence-corrected chi connectivity index (χ3v) is 4.75. The summed E-state index contributed by atoms with van der Waals surface area (Å²) in [4.78, 5) is 24.5. The van der Waals surface area contributed by atoms with Crippen LogP contribution < -0.4 is 10.4 Å². The Hall–Kier alpha value is -4.08. The summed E-state index contributed by atoms with van der Waals surface area (Å²) in [6.45, 7) is 8.29. The molecule has 0 aliphatic carbocycles. The van der Waals surface area contributed by atoms with Crippen LogP contribution in [0.4, 0.5) is 29.4 Å². The van der Waals surface area contributed by atoms with Crippen LogP contribution in [0.1, 0.15) is 42.6 Å². The van der Waals surface area contributed by atoms with Crippen molar-refractivity contribution in [1.29, 1.82) is 0 Å². The fraction of sp³-hybridized carbons (Fsp3) is 0.240. The van der Waals surface area contributed by atoms with Gasteiger partial charge in [0.15, 0.2) is 5.78 Å². The maximum absolute atomic E-state index is 14.8. The normalized spacial score (nSPS) is 11.8. The zero-order chi connectivity index (χ0) is 25.9. The van der Waals surface area contributed by atoms with Crippen molar-refractivity contribution in [2.75, 3.05) is 10.4 Å². The van der Waals surface area contributed by atoms with Crippen LogP contribution in [0.5, 0.6) is 0 Å². The number of rotatable bonds is 6. The number of para-hydroxylation sites is 2. The number of carbonyl (C=O) groups excluding carboxylic acids is 2. The number of ether oxygens (including phenoxy) is 1. The van der Waals surface area contributed by atoms with Crippen molar-refractivity contribution in [1.82, 2.24) is 5.16 Å². The Kier molecular flexibility index (Phi) is 7.33. The molecule has 0 bridgehead atoms. The van der Waals surface area contributed by atoms with Crippen molar-refractivity contribution in [2.45, 2.75) is 40.2 Å².